The molecule has 6 heteroatoms. The summed E-state index contributed by atoms with van der Waals surface area (Å²) in [6.45, 7) is 1.90. The van der Waals surface area contributed by atoms with Crippen molar-refractivity contribution in [2.45, 2.75) is 17.9 Å². The van der Waals surface area contributed by atoms with Gasteiger partial charge >= 0.3 is 0 Å². The number of methoxy groups -OCH3 is 1. The van der Waals surface area contributed by atoms with Gasteiger partial charge in [-0.05, 0) is 30.7 Å². The van der Waals surface area contributed by atoms with Crippen LogP contribution in [0.4, 0.5) is 0 Å². The Labute approximate surface area is 182 Å². The average Bonchev–Trinajstić information content (AvgIpc) is 2.79. The summed E-state index contributed by atoms with van der Waals surface area (Å²) in [7, 11) is -2.31. The summed E-state index contributed by atoms with van der Waals surface area (Å²) in [5.74, 6) is 0.565. The van der Waals surface area contributed by atoms with E-state index in [0.717, 1.165) is 10.9 Å². The number of aromatic hydroxyl groups is 1. The summed E-state index contributed by atoms with van der Waals surface area (Å²) >= 11 is 0. The van der Waals surface area contributed by atoms with Crippen molar-refractivity contribution in [2.24, 2.45) is 0 Å². The molecule has 0 spiro atoms. The van der Waals surface area contributed by atoms with Crippen molar-refractivity contribution in [1.82, 2.24) is 4.72 Å². The number of hydrogen-bond donors (Lipinski definition) is 2. The first kappa shape index (κ1) is 20.9. The molecule has 5 nitrogen and oxygen atoms in total. The topological polar surface area (TPSA) is 75.6 Å². The Hall–Kier alpha value is -3.35. The number of benzene rings is 4. The van der Waals surface area contributed by atoms with Crippen LogP contribution in [0.1, 0.15) is 22.7 Å². The first-order valence-electron chi connectivity index (χ1n) is 9.83. The lowest BCUT2D eigenvalue weighted by Crippen LogP contribution is -2.29. The molecule has 31 heavy (non-hydrogen) atoms. The molecule has 0 saturated heterocycles. The zero-order valence-corrected chi connectivity index (χ0v) is 18.1. The van der Waals surface area contributed by atoms with Crippen LogP contribution in [0.5, 0.6) is 11.5 Å². The highest BCUT2D eigenvalue weighted by atomic mass is 32.2. The van der Waals surface area contributed by atoms with Crippen LogP contribution in [0.3, 0.4) is 0 Å². The van der Waals surface area contributed by atoms with E-state index >= 15 is 0 Å². The minimum Gasteiger partial charge on any atom is -0.507 e. The van der Waals surface area contributed by atoms with Gasteiger partial charge in [0.1, 0.15) is 11.5 Å². The minimum atomic E-state index is -3.86. The summed E-state index contributed by atoms with van der Waals surface area (Å²) in [5.41, 5.74) is 2.08. The molecule has 0 radical (unpaired) electrons. The van der Waals surface area contributed by atoms with Crippen LogP contribution in [-0.4, -0.2) is 20.6 Å². The quantitative estimate of drug-likeness (QED) is 0.452. The fraction of sp³-hybridized carbons (Fsp3) is 0.120. The summed E-state index contributed by atoms with van der Waals surface area (Å²) in [4.78, 5) is 0.159. The molecule has 0 fully saturated rings. The van der Waals surface area contributed by atoms with Gasteiger partial charge in [0, 0.05) is 16.3 Å². The maximum atomic E-state index is 13.2. The number of hydrogen-bond acceptors (Lipinski definition) is 4. The van der Waals surface area contributed by atoms with Crippen LogP contribution < -0.4 is 9.46 Å². The number of aryl methyl sites for hydroxylation is 1. The Balaban J connectivity index is 1.89. The van der Waals surface area contributed by atoms with E-state index in [4.69, 9.17) is 4.74 Å². The van der Waals surface area contributed by atoms with Crippen LogP contribution in [0.2, 0.25) is 0 Å². The minimum absolute atomic E-state index is 0.0110. The van der Waals surface area contributed by atoms with Crippen molar-refractivity contribution >= 4 is 20.8 Å². The third-order valence-corrected chi connectivity index (χ3v) is 6.71. The lowest BCUT2D eigenvalue weighted by Gasteiger charge is -2.22. The van der Waals surface area contributed by atoms with Crippen LogP contribution in [0.25, 0.3) is 10.8 Å². The summed E-state index contributed by atoms with van der Waals surface area (Å²) in [5, 5.41) is 12.5. The number of fused-ring (bicyclic) bond motifs is 1. The second kappa shape index (κ2) is 8.41. The normalized spacial score (nSPS) is 12.6. The van der Waals surface area contributed by atoms with Gasteiger partial charge in [-0.3, -0.25) is 0 Å². The molecule has 1 atom stereocenters. The zero-order chi connectivity index (χ0) is 22.0. The summed E-state index contributed by atoms with van der Waals surface area (Å²) in [6, 6.07) is 24.0. The lowest BCUT2D eigenvalue weighted by molar-refractivity contribution is 0.416. The van der Waals surface area contributed by atoms with Crippen molar-refractivity contribution in [2.75, 3.05) is 7.11 Å². The predicted molar refractivity (Wildman–Crippen MR) is 122 cm³/mol. The molecule has 0 aromatic heterocycles. The Bertz CT molecular complexity index is 1320. The Morgan fingerprint density at radius 1 is 0.871 bits per heavy atom. The monoisotopic (exact) mass is 433 g/mol. The predicted octanol–water partition coefficient (Wildman–Crippen LogP) is 4.93. The number of ether oxygens (including phenoxy) is 1. The van der Waals surface area contributed by atoms with E-state index in [-0.39, 0.29) is 10.6 Å². The number of sulfonamides is 1. The number of phenolic OH excluding ortho intramolecular Hbond substituents is 1. The van der Waals surface area contributed by atoms with Gasteiger partial charge in [-0.1, -0.05) is 72.3 Å². The molecule has 0 aliphatic carbocycles. The fourth-order valence-corrected chi connectivity index (χ4v) is 4.84. The molecule has 0 bridgehead atoms. The smallest absolute Gasteiger partial charge is 0.241 e. The Morgan fingerprint density at radius 3 is 2.13 bits per heavy atom. The number of phenols is 1. The van der Waals surface area contributed by atoms with Gasteiger partial charge in [0.25, 0.3) is 0 Å². The average molecular weight is 434 g/mol. The molecule has 0 aliphatic heterocycles. The van der Waals surface area contributed by atoms with Crippen LogP contribution in [0.15, 0.2) is 89.8 Å². The highest BCUT2D eigenvalue weighted by Gasteiger charge is 2.27. The highest BCUT2D eigenvalue weighted by molar-refractivity contribution is 7.89. The third kappa shape index (κ3) is 4.13. The fourth-order valence-electron chi connectivity index (χ4n) is 3.63. The largest absolute Gasteiger partial charge is 0.507 e. The Kier molecular flexibility index (Phi) is 5.67. The summed E-state index contributed by atoms with van der Waals surface area (Å²) in [6.07, 6.45) is 0. The molecule has 4 aromatic rings. The van der Waals surface area contributed by atoms with Gasteiger partial charge < -0.3 is 9.84 Å². The SMILES string of the molecule is COc1cc([C@H](NS(=O)(=O)c2ccc(C)cc2)c2ccccc2)c(O)c2ccccc12. The van der Waals surface area contributed by atoms with E-state index in [1.165, 1.54) is 0 Å². The zero-order valence-electron chi connectivity index (χ0n) is 17.2. The molecule has 0 amide bonds. The van der Waals surface area contributed by atoms with E-state index in [0.29, 0.717) is 22.3 Å². The van der Waals surface area contributed by atoms with E-state index in [1.807, 2.05) is 55.5 Å². The van der Waals surface area contributed by atoms with Gasteiger partial charge in [0.05, 0.1) is 18.0 Å². The summed E-state index contributed by atoms with van der Waals surface area (Å²) < 4.78 is 34.7. The molecular formula is C25H23NO4S. The molecule has 4 aromatic carbocycles. The van der Waals surface area contributed by atoms with Crippen LogP contribution >= 0.6 is 0 Å². The third-order valence-electron chi connectivity index (χ3n) is 5.28. The van der Waals surface area contributed by atoms with Gasteiger partial charge in [-0.25, -0.2) is 8.42 Å². The maximum Gasteiger partial charge on any atom is 0.241 e. The van der Waals surface area contributed by atoms with Gasteiger partial charge in [-0.15, -0.1) is 0 Å². The second-order valence-electron chi connectivity index (χ2n) is 7.34. The van der Waals surface area contributed by atoms with Crippen molar-refractivity contribution < 1.29 is 18.3 Å². The molecule has 158 valence electrons. The standard InChI is InChI=1S/C25H23NO4S/c1-17-12-14-19(15-13-17)31(28,29)26-24(18-8-4-3-5-9-18)22-16-23(30-2)20-10-6-7-11-21(20)25(22)27/h3-16,24,26-27H,1-2H3/t24-/m1/s1. The molecule has 0 unspecified atom stereocenters. The van der Waals surface area contributed by atoms with E-state index < -0.39 is 16.1 Å². The van der Waals surface area contributed by atoms with E-state index in [2.05, 4.69) is 4.72 Å². The molecule has 0 heterocycles. The Morgan fingerprint density at radius 2 is 1.48 bits per heavy atom. The van der Waals surface area contributed by atoms with E-state index in [9.17, 15) is 13.5 Å². The first-order valence-corrected chi connectivity index (χ1v) is 11.3. The molecule has 2 N–H and O–H groups in total. The highest BCUT2D eigenvalue weighted by Crippen LogP contribution is 2.41. The van der Waals surface area contributed by atoms with Crippen molar-refractivity contribution in [3.63, 3.8) is 0 Å². The van der Waals surface area contributed by atoms with Gasteiger partial charge in [-0.2, -0.15) is 4.72 Å². The van der Waals surface area contributed by atoms with Crippen LogP contribution in [-0.2, 0) is 10.0 Å². The molecule has 4 rings (SSSR count). The van der Waals surface area contributed by atoms with Crippen molar-refractivity contribution in [1.29, 1.82) is 0 Å². The number of rotatable bonds is 6. The second-order valence-corrected chi connectivity index (χ2v) is 9.05. The van der Waals surface area contributed by atoms with Crippen LogP contribution in [0, 0.1) is 6.92 Å². The first-order chi connectivity index (χ1) is 14.9. The van der Waals surface area contributed by atoms with Gasteiger partial charge in [0.15, 0.2) is 0 Å². The van der Waals surface area contributed by atoms with E-state index in [1.54, 1.807) is 43.5 Å². The lowest BCUT2D eigenvalue weighted by atomic mass is 9.95. The van der Waals surface area contributed by atoms with Crippen molar-refractivity contribution in [3.8, 4) is 11.5 Å². The molecule has 0 aliphatic rings. The van der Waals surface area contributed by atoms with Gasteiger partial charge in [0.2, 0.25) is 10.0 Å². The molecular weight excluding hydrogens is 410 g/mol. The van der Waals surface area contributed by atoms with Crippen molar-refractivity contribution in [3.05, 3.63) is 102 Å². The molecule has 0 saturated carbocycles. The number of nitrogens with one attached hydrogen (secondary N) is 1. The maximum absolute atomic E-state index is 13.2.